The fourth-order valence-electron chi connectivity index (χ4n) is 1.80. The summed E-state index contributed by atoms with van der Waals surface area (Å²) < 4.78 is 0. The standard InChI is InChI=1S/C15H17N3O/c1-10-3-4-13(9-14(10)16)15(19)18-11(2)12-5-7-17-8-6-12/h3-9,11H,16H2,1-2H3,(H,18,19). The molecular formula is C15H17N3O. The van der Waals surface area contributed by atoms with Gasteiger partial charge in [-0.15, -0.1) is 0 Å². The first kappa shape index (κ1) is 13.1. The van der Waals surface area contributed by atoms with Crippen molar-refractivity contribution < 1.29 is 4.79 Å². The number of pyridine rings is 1. The molecule has 0 saturated carbocycles. The van der Waals surface area contributed by atoms with Gasteiger partial charge in [0.1, 0.15) is 0 Å². The summed E-state index contributed by atoms with van der Waals surface area (Å²) in [5, 5.41) is 2.94. The highest BCUT2D eigenvalue weighted by molar-refractivity contribution is 5.95. The molecule has 2 aromatic rings. The van der Waals surface area contributed by atoms with E-state index in [1.807, 2.05) is 32.0 Å². The van der Waals surface area contributed by atoms with Crippen LogP contribution < -0.4 is 11.1 Å². The number of nitrogen functional groups attached to an aromatic ring is 1. The Bertz CT molecular complexity index is 581. The fourth-order valence-corrected chi connectivity index (χ4v) is 1.80. The summed E-state index contributed by atoms with van der Waals surface area (Å²) in [6, 6.07) is 9.02. The Hall–Kier alpha value is -2.36. The Morgan fingerprint density at radius 2 is 1.95 bits per heavy atom. The van der Waals surface area contributed by atoms with E-state index in [2.05, 4.69) is 10.3 Å². The van der Waals surface area contributed by atoms with Crippen molar-refractivity contribution >= 4 is 11.6 Å². The number of aromatic nitrogens is 1. The number of carbonyl (C=O) groups is 1. The minimum atomic E-state index is -0.129. The molecule has 1 unspecified atom stereocenters. The van der Waals surface area contributed by atoms with Crippen LogP contribution >= 0.6 is 0 Å². The Morgan fingerprint density at radius 1 is 1.26 bits per heavy atom. The van der Waals surface area contributed by atoms with Crippen molar-refractivity contribution in [1.82, 2.24) is 10.3 Å². The zero-order valence-electron chi connectivity index (χ0n) is 11.1. The van der Waals surface area contributed by atoms with Crippen molar-refractivity contribution in [3.63, 3.8) is 0 Å². The van der Waals surface area contributed by atoms with Gasteiger partial charge < -0.3 is 11.1 Å². The number of rotatable bonds is 3. The average molecular weight is 255 g/mol. The van der Waals surface area contributed by atoms with Crippen LogP contribution in [0.2, 0.25) is 0 Å². The smallest absolute Gasteiger partial charge is 0.251 e. The molecule has 3 N–H and O–H groups in total. The molecule has 0 aliphatic heterocycles. The number of nitrogens with zero attached hydrogens (tertiary/aromatic N) is 1. The monoisotopic (exact) mass is 255 g/mol. The number of nitrogens with two attached hydrogens (primary N) is 1. The molecule has 1 atom stereocenters. The second kappa shape index (κ2) is 5.52. The zero-order chi connectivity index (χ0) is 13.8. The molecule has 98 valence electrons. The average Bonchev–Trinajstić information content (AvgIpc) is 2.42. The zero-order valence-corrected chi connectivity index (χ0v) is 11.1. The van der Waals surface area contributed by atoms with Gasteiger partial charge in [0, 0.05) is 23.6 Å². The second-order valence-corrected chi connectivity index (χ2v) is 4.55. The minimum absolute atomic E-state index is 0.0713. The molecule has 0 spiro atoms. The van der Waals surface area contributed by atoms with Crippen molar-refractivity contribution in [3.05, 3.63) is 59.4 Å². The van der Waals surface area contributed by atoms with Crippen molar-refractivity contribution in [2.45, 2.75) is 19.9 Å². The Labute approximate surface area is 112 Å². The fraction of sp³-hybridized carbons (Fsp3) is 0.200. The van der Waals surface area contributed by atoms with E-state index in [9.17, 15) is 4.79 Å². The van der Waals surface area contributed by atoms with Crippen LogP contribution in [0.5, 0.6) is 0 Å². The van der Waals surface area contributed by atoms with E-state index < -0.39 is 0 Å². The van der Waals surface area contributed by atoms with E-state index in [1.54, 1.807) is 24.5 Å². The maximum Gasteiger partial charge on any atom is 0.251 e. The van der Waals surface area contributed by atoms with Crippen LogP contribution in [0, 0.1) is 6.92 Å². The quantitative estimate of drug-likeness (QED) is 0.828. The predicted molar refractivity (Wildman–Crippen MR) is 75.7 cm³/mol. The molecule has 0 aliphatic rings. The van der Waals surface area contributed by atoms with E-state index in [-0.39, 0.29) is 11.9 Å². The largest absolute Gasteiger partial charge is 0.398 e. The first-order valence-electron chi connectivity index (χ1n) is 6.15. The van der Waals surface area contributed by atoms with E-state index in [0.717, 1.165) is 11.1 Å². The van der Waals surface area contributed by atoms with Crippen LogP contribution in [0.25, 0.3) is 0 Å². The number of aryl methyl sites for hydroxylation is 1. The SMILES string of the molecule is Cc1ccc(C(=O)NC(C)c2ccncc2)cc1N. The van der Waals surface area contributed by atoms with Gasteiger partial charge in [-0.3, -0.25) is 9.78 Å². The van der Waals surface area contributed by atoms with E-state index in [1.165, 1.54) is 0 Å². The molecule has 0 radical (unpaired) electrons. The first-order chi connectivity index (χ1) is 9.08. The molecule has 1 aromatic heterocycles. The van der Waals surface area contributed by atoms with Crippen LogP contribution in [0.3, 0.4) is 0 Å². The maximum atomic E-state index is 12.1. The number of hydrogen-bond donors (Lipinski definition) is 2. The second-order valence-electron chi connectivity index (χ2n) is 4.55. The normalized spacial score (nSPS) is 11.9. The van der Waals surface area contributed by atoms with Gasteiger partial charge in [-0.1, -0.05) is 6.07 Å². The Kier molecular flexibility index (Phi) is 3.80. The molecular weight excluding hydrogens is 238 g/mol. The van der Waals surface area contributed by atoms with E-state index in [0.29, 0.717) is 11.3 Å². The van der Waals surface area contributed by atoms with Crippen LogP contribution in [-0.2, 0) is 0 Å². The lowest BCUT2D eigenvalue weighted by molar-refractivity contribution is 0.0940. The summed E-state index contributed by atoms with van der Waals surface area (Å²) in [5.74, 6) is -0.129. The summed E-state index contributed by atoms with van der Waals surface area (Å²) in [4.78, 5) is 16.1. The summed E-state index contributed by atoms with van der Waals surface area (Å²) in [5.41, 5.74) is 9.00. The summed E-state index contributed by atoms with van der Waals surface area (Å²) in [6.07, 6.45) is 3.42. The molecule has 0 saturated heterocycles. The topological polar surface area (TPSA) is 68.0 Å². The molecule has 1 heterocycles. The number of amides is 1. The molecule has 2 rings (SSSR count). The van der Waals surface area contributed by atoms with Gasteiger partial charge in [0.25, 0.3) is 5.91 Å². The van der Waals surface area contributed by atoms with Crippen molar-refractivity contribution in [1.29, 1.82) is 0 Å². The van der Waals surface area contributed by atoms with Crippen LogP contribution in [0.15, 0.2) is 42.7 Å². The third-order valence-corrected chi connectivity index (χ3v) is 3.10. The lowest BCUT2D eigenvalue weighted by Crippen LogP contribution is -2.26. The molecule has 0 bridgehead atoms. The minimum Gasteiger partial charge on any atom is -0.398 e. The van der Waals surface area contributed by atoms with Gasteiger partial charge >= 0.3 is 0 Å². The summed E-state index contributed by atoms with van der Waals surface area (Å²) in [6.45, 7) is 3.85. The van der Waals surface area contributed by atoms with Crippen LogP contribution in [0.1, 0.15) is 34.5 Å². The highest BCUT2D eigenvalue weighted by atomic mass is 16.1. The molecule has 1 amide bonds. The number of benzene rings is 1. The Morgan fingerprint density at radius 3 is 2.58 bits per heavy atom. The highest BCUT2D eigenvalue weighted by Gasteiger charge is 2.11. The maximum absolute atomic E-state index is 12.1. The molecule has 4 heteroatoms. The molecule has 4 nitrogen and oxygen atoms in total. The summed E-state index contributed by atoms with van der Waals surface area (Å²) >= 11 is 0. The molecule has 19 heavy (non-hydrogen) atoms. The van der Waals surface area contributed by atoms with Crippen molar-refractivity contribution in [2.24, 2.45) is 0 Å². The molecule has 1 aromatic carbocycles. The number of nitrogens with one attached hydrogen (secondary N) is 1. The van der Waals surface area contributed by atoms with E-state index >= 15 is 0 Å². The van der Waals surface area contributed by atoms with E-state index in [4.69, 9.17) is 5.73 Å². The van der Waals surface area contributed by atoms with Crippen molar-refractivity contribution in [2.75, 3.05) is 5.73 Å². The first-order valence-corrected chi connectivity index (χ1v) is 6.15. The lowest BCUT2D eigenvalue weighted by atomic mass is 10.1. The van der Waals surface area contributed by atoms with Gasteiger partial charge in [0.2, 0.25) is 0 Å². The lowest BCUT2D eigenvalue weighted by Gasteiger charge is -2.14. The number of anilines is 1. The number of hydrogen-bond acceptors (Lipinski definition) is 3. The van der Waals surface area contributed by atoms with Gasteiger partial charge in [0.05, 0.1) is 6.04 Å². The van der Waals surface area contributed by atoms with Gasteiger partial charge in [-0.25, -0.2) is 0 Å². The number of carbonyl (C=O) groups excluding carboxylic acids is 1. The molecule has 0 fully saturated rings. The molecule has 0 aliphatic carbocycles. The van der Waals surface area contributed by atoms with Gasteiger partial charge in [-0.05, 0) is 49.2 Å². The third-order valence-electron chi connectivity index (χ3n) is 3.10. The predicted octanol–water partition coefficient (Wildman–Crippen LogP) is 2.46. The van der Waals surface area contributed by atoms with Crippen LogP contribution in [-0.4, -0.2) is 10.9 Å². The third kappa shape index (κ3) is 3.10. The summed E-state index contributed by atoms with van der Waals surface area (Å²) in [7, 11) is 0. The van der Waals surface area contributed by atoms with Crippen LogP contribution in [0.4, 0.5) is 5.69 Å². The van der Waals surface area contributed by atoms with Crippen molar-refractivity contribution in [3.8, 4) is 0 Å². The highest BCUT2D eigenvalue weighted by Crippen LogP contribution is 2.15. The Balaban J connectivity index is 2.11. The van der Waals surface area contributed by atoms with Gasteiger partial charge in [0.15, 0.2) is 0 Å². The van der Waals surface area contributed by atoms with Gasteiger partial charge in [-0.2, -0.15) is 0 Å².